The van der Waals surface area contributed by atoms with Gasteiger partial charge >= 0.3 is 0 Å². The molecule has 0 aliphatic heterocycles. The Balaban J connectivity index is 1.74. The van der Waals surface area contributed by atoms with Gasteiger partial charge in [-0.1, -0.05) is 37.3 Å². The van der Waals surface area contributed by atoms with E-state index in [1.165, 1.54) is 19.2 Å². The van der Waals surface area contributed by atoms with Gasteiger partial charge in [-0.3, -0.25) is 19.2 Å². The zero-order valence-electron chi connectivity index (χ0n) is 19.6. The summed E-state index contributed by atoms with van der Waals surface area (Å²) in [4.78, 5) is 23.6. The first-order valence-electron chi connectivity index (χ1n) is 10.9. The number of ether oxygens (including phenoxy) is 2. The number of fused-ring (bicyclic) bond motifs is 1. The predicted octanol–water partition coefficient (Wildman–Crippen LogP) is 3.50. The van der Waals surface area contributed by atoms with E-state index in [4.69, 9.17) is 9.47 Å². The van der Waals surface area contributed by atoms with Crippen molar-refractivity contribution < 1.29 is 27.6 Å². The molecule has 3 aromatic carbocycles. The number of sulfonamides is 1. The molecule has 0 aliphatic rings. The number of rotatable bonds is 11. The molecule has 10 nitrogen and oxygen atoms in total. The fourth-order valence-electron chi connectivity index (χ4n) is 3.72. The highest BCUT2D eigenvalue weighted by Gasteiger charge is 2.34. The lowest BCUT2D eigenvalue weighted by atomic mass is 10.1. The molecular weight excluding hydrogens is 474 g/mol. The molecule has 0 aromatic heterocycles. The number of non-ortho nitro benzene ring substituents is 1. The second kappa shape index (κ2) is 11.0. The Labute approximate surface area is 203 Å². The molecule has 186 valence electrons. The molecule has 0 heterocycles. The van der Waals surface area contributed by atoms with Crippen LogP contribution >= 0.6 is 0 Å². The van der Waals surface area contributed by atoms with Gasteiger partial charge in [-0.05, 0) is 35.4 Å². The van der Waals surface area contributed by atoms with E-state index in [9.17, 15) is 23.3 Å². The van der Waals surface area contributed by atoms with Crippen LogP contribution in [0.25, 0.3) is 10.8 Å². The van der Waals surface area contributed by atoms with Crippen LogP contribution in [0.5, 0.6) is 11.5 Å². The van der Waals surface area contributed by atoms with Gasteiger partial charge in [0.05, 0.1) is 24.8 Å². The number of anilines is 1. The molecule has 0 radical (unpaired) electrons. The SMILES string of the molecule is CCC(C(=O)NCCOc1ccc2ccccc2c1)N(c1cc([N+](=O)[O-])ccc1OC)S(C)(=O)=O. The van der Waals surface area contributed by atoms with Crippen LogP contribution in [-0.2, 0) is 14.8 Å². The number of carbonyl (C=O) groups is 1. The minimum atomic E-state index is -4.01. The highest BCUT2D eigenvalue weighted by Crippen LogP contribution is 2.35. The van der Waals surface area contributed by atoms with E-state index in [1.54, 1.807) is 6.92 Å². The molecule has 11 heteroatoms. The summed E-state index contributed by atoms with van der Waals surface area (Å²) < 4.78 is 37.2. The zero-order chi connectivity index (χ0) is 25.6. The van der Waals surface area contributed by atoms with E-state index in [2.05, 4.69) is 5.32 Å². The van der Waals surface area contributed by atoms with Crippen molar-refractivity contribution in [1.29, 1.82) is 0 Å². The number of hydrogen-bond donors (Lipinski definition) is 1. The largest absolute Gasteiger partial charge is 0.495 e. The van der Waals surface area contributed by atoms with Crippen LogP contribution in [0, 0.1) is 10.1 Å². The summed E-state index contributed by atoms with van der Waals surface area (Å²) in [6.07, 6.45) is 1.06. The minimum Gasteiger partial charge on any atom is -0.495 e. The van der Waals surface area contributed by atoms with Crippen LogP contribution in [0.2, 0.25) is 0 Å². The van der Waals surface area contributed by atoms with Gasteiger partial charge in [-0.25, -0.2) is 8.42 Å². The Hall–Kier alpha value is -3.86. The first-order valence-corrected chi connectivity index (χ1v) is 12.7. The normalized spacial score (nSPS) is 12.1. The standard InChI is InChI=1S/C24H27N3O7S/c1-4-21(26(35(3,31)32)22-16-19(27(29)30)10-12-23(22)33-2)24(28)25-13-14-34-20-11-9-17-7-5-6-8-18(17)15-20/h5-12,15-16,21H,4,13-14H2,1-3H3,(H,25,28). The maximum atomic E-state index is 13.0. The Kier molecular flexibility index (Phi) is 8.13. The summed E-state index contributed by atoms with van der Waals surface area (Å²) in [5.41, 5.74) is -0.410. The first kappa shape index (κ1) is 25.8. The maximum absolute atomic E-state index is 13.0. The van der Waals surface area contributed by atoms with Crippen LogP contribution < -0.4 is 19.1 Å². The average molecular weight is 502 g/mol. The number of methoxy groups -OCH3 is 1. The number of hydrogen-bond acceptors (Lipinski definition) is 7. The Morgan fingerprint density at radius 3 is 2.46 bits per heavy atom. The van der Waals surface area contributed by atoms with Gasteiger partial charge in [0.2, 0.25) is 15.9 Å². The van der Waals surface area contributed by atoms with Crippen molar-refractivity contribution in [3.8, 4) is 11.5 Å². The van der Waals surface area contributed by atoms with E-state index in [-0.39, 0.29) is 36.7 Å². The number of nitro benzene ring substituents is 1. The first-order chi connectivity index (χ1) is 16.7. The number of nitrogens with zero attached hydrogens (tertiary/aromatic N) is 2. The molecular formula is C24H27N3O7S. The highest BCUT2D eigenvalue weighted by molar-refractivity contribution is 7.92. The minimum absolute atomic E-state index is 0.0846. The fraction of sp³-hybridized carbons (Fsp3) is 0.292. The van der Waals surface area contributed by atoms with Crippen molar-refractivity contribution in [3.63, 3.8) is 0 Å². The molecule has 0 aliphatic carbocycles. The number of carbonyl (C=O) groups excluding carboxylic acids is 1. The molecule has 1 N–H and O–H groups in total. The molecule has 3 rings (SSSR count). The third kappa shape index (κ3) is 6.18. The summed E-state index contributed by atoms with van der Waals surface area (Å²) in [5, 5.41) is 16.1. The average Bonchev–Trinajstić information content (AvgIpc) is 2.83. The summed E-state index contributed by atoms with van der Waals surface area (Å²) in [5.74, 6) is 0.171. The molecule has 0 saturated carbocycles. The molecule has 1 amide bonds. The van der Waals surface area contributed by atoms with Crippen LogP contribution in [0.15, 0.2) is 60.7 Å². The lowest BCUT2D eigenvalue weighted by Crippen LogP contribution is -2.50. The molecule has 0 saturated heterocycles. The summed E-state index contributed by atoms with van der Waals surface area (Å²) in [6.45, 7) is 1.95. The van der Waals surface area contributed by atoms with E-state index in [0.717, 1.165) is 27.4 Å². The molecule has 1 unspecified atom stereocenters. The monoisotopic (exact) mass is 501 g/mol. The number of amides is 1. The van der Waals surface area contributed by atoms with E-state index < -0.39 is 26.9 Å². The van der Waals surface area contributed by atoms with Crippen molar-refractivity contribution in [1.82, 2.24) is 5.32 Å². The van der Waals surface area contributed by atoms with Crippen molar-refractivity contribution in [2.45, 2.75) is 19.4 Å². The topological polar surface area (TPSA) is 128 Å². The predicted molar refractivity (Wildman–Crippen MR) is 134 cm³/mol. The number of benzene rings is 3. The third-order valence-electron chi connectivity index (χ3n) is 5.33. The fourth-order valence-corrected chi connectivity index (χ4v) is 4.92. The summed E-state index contributed by atoms with van der Waals surface area (Å²) >= 11 is 0. The van der Waals surface area contributed by atoms with Crippen LogP contribution in [0.3, 0.4) is 0 Å². The number of nitro groups is 1. The van der Waals surface area contributed by atoms with Gasteiger partial charge in [0.15, 0.2) is 0 Å². The highest BCUT2D eigenvalue weighted by atomic mass is 32.2. The summed E-state index contributed by atoms with van der Waals surface area (Å²) in [6, 6.07) is 15.9. The van der Waals surface area contributed by atoms with Crippen LogP contribution in [0.4, 0.5) is 11.4 Å². The number of nitrogens with one attached hydrogen (secondary N) is 1. The van der Waals surface area contributed by atoms with Crippen molar-refractivity contribution >= 4 is 38.1 Å². The lowest BCUT2D eigenvalue weighted by Gasteiger charge is -2.30. The quantitative estimate of drug-likeness (QED) is 0.242. The maximum Gasteiger partial charge on any atom is 0.271 e. The molecule has 0 fully saturated rings. The summed E-state index contributed by atoms with van der Waals surface area (Å²) in [7, 11) is -2.69. The van der Waals surface area contributed by atoms with Gasteiger partial charge in [0, 0.05) is 12.1 Å². The van der Waals surface area contributed by atoms with E-state index >= 15 is 0 Å². The molecule has 0 bridgehead atoms. The molecule has 0 spiro atoms. The Bertz CT molecular complexity index is 1330. The van der Waals surface area contributed by atoms with E-state index in [0.29, 0.717) is 5.75 Å². The third-order valence-corrected chi connectivity index (χ3v) is 6.50. The zero-order valence-corrected chi connectivity index (χ0v) is 20.4. The van der Waals surface area contributed by atoms with Gasteiger partial charge < -0.3 is 14.8 Å². The van der Waals surface area contributed by atoms with Crippen LogP contribution in [0.1, 0.15) is 13.3 Å². The Morgan fingerprint density at radius 2 is 1.83 bits per heavy atom. The van der Waals surface area contributed by atoms with Crippen LogP contribution in [-0.4, -0.2) is 51.8 Å². The molecule has 1 atom stereocenters. The smallest absolute Gasteiger partial charge is 0.271 e. The molecule has 35 heavy (non-hydrogen) atoms. The van der Waals surface area contributed by atoms with Crippen molar-refractivity contribution in [2.24, 2.45) is 0 Å². The van der Waals surface area contributed by atoms with Crippen molar-refractivity contribution in [3.05, 3.63) is 70.8 Å². The van der Waals surface area contributed by atoms with Crippen molar-refractivity contribution in [2.75, 3.05) is 30.8 Å². The van der Waals surface area contributed by atoms with Gasteiger partial charge in [0.25, 0.3) is 5.69 Å². The van der Waals surface area contributed by atoms with Gasteiger partial charge in [-0.15, -0.1) is 0 Å². The molecule has 3 aromatic rings. The Morgan fingerprint density at radius 1 is 1.11 bits per heavy atom. The lowest BCUT2D eigenvalue weighted by molar-refractivity contribution is -0.384. The van der Waals surface area contributed by atoms with Gasteiger partial charge in [0.1, 0.15) is 29.8 Å². The van der Waals surface area contributed by atoms with E-state index in [1.807, 2.05) is 42.5 Å². The van der Waals surface area contributed by atoms with Gasteiger partial charge in [-0.2, -0.15) is 0 Å². The second-order valence-corrected chi connectivity index (χ2v) is 9.60. The second-order valence-electron chi connectivity index (χ2n) is 7.74.